The molecule has 6 nitrogen and oxygen atoms in total. The van der Waals surface area contributed by atoms with E-state index in [-0.39, 0.29) is 18.9 Å². The van der Waals surface area contributed by atoms with Crippen molar-refractivity contribution in [2.24, 2.45) is 0 Å². The minimum atomic E-state index is -1.14. The van der Waals surface area contributed by atoms with E-state index in [9.17, 15) is 14.4 Å². The Bertz CT molecular complexity index is 470. The van der Waals surface area contributed by atoms with Crippen molar-refractivity contribution in [3.8, 4) is 0 Å². The fourth-order valence-corrected chi connectivity index (χ4v) is 1.93. The summed E-state index contributed by atoms with van der Waals surface area (Å²) < 4.78 is 0. The standard InChI is InChI=1S/C12H14N2O4S/c1-2-4-8(12(17)18)14-10(15)7-13-11(16)9-5-3-6-19-9/h2-3,5-6,8H,1,4,7H2,(H,13,16)(H,14,15)(H,17,18). The summed E-state index contributed by atoms with van der Waals surface area (Å²) in [5.74, 6) is -2.06. The minimum absolute atomic E-state index is 0.125. The van der Waals surface area contributed by atoms with Crippen molar-refractivity contribution in [2.45, 2.75) is 12.5 Å². The van der Waals surface area contributed by atoms with Gasteiger partial charge in [0, 0.05) is 0 Å². The number of carbonyl (C=O) groups excluding carboxylic acids is 2. The van der Waals surface area contributed by atoms with Gasteiger partial charge in [0.15, 0.2) is 0 Å². The molecule has 19 heavy (non-hydrogen) atoms. The van der Waals surface area contributed by atoms with Crippen LogP contribution in [-0.2, 0) is 9.59 Å². The molecular weight excluding hydrogens is 268 g/mol. The number of carboxylic acid groups (broad SMARTS) is 1. The lowest BCUT2D eigenvalue weighted by Gasteiger charge is -2.12. The summed E-state index contributed by atoms with van der Waals surface area (Å²) in [4.78, 5) is 34.3. The summed E-state index contributed by atoms with van der Waals surface area (Å²) in [6.45, 7) is 3.15. The molecule has 1 aromatic heterocycles. The van der Waals surface area contributed by atoms with Crippen LogP contribution in [0, 0.1) is 0 Å². The molecule has 2 amide bonds. The Balaban J connectivity index is 2.40. The number of carbonyl (C=O) groups is 3. The van der Waals surface area contributed by atoms with Crippen LogP contribution >= 0.6 is 11.3 Å². The highest BCUT2D eigenvalue weighted by atomic mass is 32.1. The van der Waals surface area contributed by atoms with Gasteiger partial charge in [-0.25, -0.2) is 4.79 Å². The second-order valence-corrected chi connectivity index (χ2v) is 4.59. The third-order valence-electron chi connectivity index (χ3n) is 2.19. The number of thiophene rings is 1. The van der Waals surface area contributed by atoms with E-state index in [4.69, 9.17) is 5.11 Å². The van der Waals surface area contributed by atoms with Crippen molar-refractivity contribution in [3.05, 3.63) is 35.0 Å². The third kappa shape index (κ3) is 4.92. The summed E-state index contributed by atoms with van der Waals surface area (Å²) in [5.41, 5.74) is 0. The average molecular weight is 282 g/mol. The fraction of sp³-hybridized carbons (Fsp3) is 0.250. The molecule has 1 rings (SSSR count). The number of amides is 2. The minimum Gasteiger partial charge on any atom is -0.480 e. The molecule has 1 atom stereocenters. The van der Waals surface area contributed by atoms with Crippen molar-refractivity contribution < 1.29 is 19.5 Å². The lowest BCUT2D eigenvalue weighted by atomic mass is 10.2. The number of hydrogen-bond donors (Lipinski definition) is 3. The molecule has 0 aromatic carbocycles. The zero-order valence-electron chi connectivity index (χ0n) is 10.1. The molecule has 0 aliphatic carbocycles. The maximum Gasteiger partial charge on any atom is 0.326 e. The first-order valence-electron chi connectivity index (χ1n) is 5.49. The summed E-state index contributed by atoms with van der Waals surface area (Å²) in [6, 6.07) is 2.34. The monoisotopic (exact) mass is 282 g/mol. The Kier molecular flexibility index (Phi) is 5.74. The molecule has 0 spiro atoms. The maximum atomic E-state index is 11.5. The largest absolute Gasteiger partial charge is 0.480 e. The van der Waals surface area contributed by atoms with Crippen LogP contribution in [0.5, 0.6) is 0 Å². The van der Waals surface area contributed by atoms with E-state index < -0.39 is 17.9 Å². The first-order valence-corrected chi connectivity index (χ1v) is 6.37. The van der Waals surface area contributed by atoms with Gasteiger partial charge in [-0.2, -0.15) is 0 Å². The third-order valence-corrected chi connectivity index (χ3v) is 3.06. The van der Waals surface area contributed by atoms with Crippen LogP contribution in [0.15, 0.2) is 30.2 Å². The maximum absolute atomic E-state index is 11.5. The van der Waals surface area contributed by atoms with E-state index in [2.05, 4.69) is 17.2 Å². The topological polar surface area (TPSA) is 95.5 Å². The Morgan fingerprint density at radius 3 is 2.74 bits per heavy atom. The molecule has 1 unspecified atom stereocenters. The molecule has 1 aromatic rings. The predicted octanol–water partition coefficient (Wildman–Crippen LogP) is 0.623. The van der Waals surface area contributed by atoms with Gasteiger partial charge in [-0.1, -0.05) is 12.1 Å². The highest BCUT2D eigenvalue weighted by Crippen LogP contribution is 2.07. The zero-order chi connectivity index (χ0) is 14.3. The van der Waals surface area contributed by atoms with Crippen molar-refractivity contribution in [1.82, 2.24) is 10.6 Å². The molecule has 0 saturated carbocycles. The molecule has 0 fully saturated rings. The van der Waals surface area contributed by atoms with E-state index >= 15 is 0 Å². The smallest absolute Gasteiger partial charge is 0.326 e. The van der Waals surface area contributed by atoms with Crippen LogP contribution in [0.4, 0.5) is 0 Å². The molecular formula is C12H14N2O4S. The van der Waals surface area contributed by atoms with Gasteiger partial charge in [0.1, 0.15) is 6.04 Å². The van der Waals surface area contributed by atoms with E-state index in [1.807, 2.05) is 0 Å². The predicted molar refractivity (Wildman–Crippen MR) is 71.0 cm³/mol. The number of nitrogens with one attached hydrogen (secondary N) is 2. The molecule has 0 bridgehead atoms. The van der Waals surface area contributed by atoms with Crippen molar-refractivity contribution in [3.63, 3.8) is 0 Å². The van der Waals surface area contributed by atoms with Crippen LogP contribution in [0.1, 0.15) is 16.1 Å². The summed E-state index contributed by atoms with van der Waals surface area (Å²) in [5, 5.41) is 15.3. The molecule has 0 aliphatic rings. The van der Waals surface area contributed by atoms with Crippen LogP contribution in [-0.4, -0.2) is 35.5 Å². The second-order valence-electron chi connectivity index (χ2n) is 3.64. The molecule has 7 heteroatoms. The van der Waals surface area contributed by atoms with Gasteiger partial charge < -0.3 is 15.7 Å². The van der Waals surface area contributed by atoms with E-state index in [1.165, 1.54) is 17.4 Å². The van der Waals surface area contributed by atoms with Crippen LogP contribution in [0.3, 0.4) is 0 Å². The highest BCUT2D eigenvalue weighted by molar-refractivity contribution is 7.12. The lowest BCUT2D eigenvalue weighted by Crippen LogP contribution is -2.45. The van der Waals surface area contributed by atoms with Gasteiger partial charge in [0.25, 0.3) is 5.91 Å². The van der Waals surface area contributed by atoms with Crippen LogP contribution < -0.4 is 10.6 Å². The number of rotatable bonds is 7. The number of carboxylic acids is 1. The van der Waals surface area contributed by atoms with Crippen molar-refractivity contribution in [1.29, 1.82) is 0 Å². The van der Waals surface area contributed by atoms with E-state index in [1.54, 1.807) is 17.5 Å². The normalized spacial score (nSPS) is 11.4. The number of hydrogen-bond acceptors (Lipinski definition) is 4. The first-order chi connectivity index (χ1) is 9.04. The van der Waals surface area contributed by atoms with Gasteiger partial charge >= 0.3 is 5.97 Å². The molecule has 0 saturated heterocycles. The van der Waals surface area contributed by atoms with Crippen molar-refractivity contribution >= 4 is 29.1 Å². The summed E-state index contributed by atoms with van der Waals surface area (Å²) in [6.07, 6.45) is 1.53. The first kappa shape index (κ1) is 14.9. The number of aliphatic carboxylic acids is 1. The molecule has 0 aliphatic heterocycles. The molecule has 1 heterocycles. The summed E-state index contributed by atoms with van der Waals surface area (Å²) in [7, 11) is 0. The SMILES string of the molecule is C=CCC(NC(=O)CNC(=O)c1cccs1)C(=O)O. The fourth-order valence-electron chi connectivity index (χ4n) is 1.29. The zero-order valence-corrected chi connectivity index (χ0v) is 10.9. The second kappa shape index (κ2) is 7.32. The van der Waals surface area contributed by atoms with E-state index in [0.717, 1.165) is 0 Å². The quantitative estimate of drug-likeness (QED) is 0.639. The van der Waals surface area contributed by atoms with Gasteiger partial charge in [0.05, 0.1) is 11.4 Å². The molecule has 3 N–H and O–H groups in total. The summed E-state index contributed by atoms with van der Waals surface area (Å²) >= 11 is 1.26. The van der Waals surface area contributed by atoms with Crippen LogP contribution in [0.25, 0.3) is 0 Å². The Labute approximate surface area is 114 Å². The van der Waals surface area contributed by atoms with Gasteiger partial charge in [-0.05, 0) is 17.9 Å². The van der Waals surface area contributed by atoms with Crippen LogP contribution in [0.2, 0.25) is 0 Å². The van der Waals surface area contributed by atoms with Gasteiger partial charge in [-0.15, -0.1) is 17.9 Å². The van der Waals surface area contributed by atoms with Gasteiger partial charge in [0.2, 0.25) is 5.91 Å². The Morgan fingerprint density at radius 2 is 2.21 bits per heavy atom. The molecule has 102 valence electrons. The average Bonchev–Trinajstić information content (AvgIpc) is 2.89. The van der Waals surface area contributed by atoms with Crippen molar-refractivity contribution in [2.75, 3.05) is 6.54 Å². The van der Waals surface area contributed by atoms with Gasteiger partial charge in [-0.3, -0.25) is 9.59 Å². The highest BCUT2D eigenvalue weighted by Gasteiger charge is 2.18. The Morgan fingerprint density at radius 1 is 1.47 bits per heavy atom. The lowest BCUT2D eigenvalue weighted by molar-refractivity contribution is -0.141. The van der Waals surface area contributed by atoms with E-state index in [0.29, 0.717) is 4.88 Å². The Hall–Kier alpha value is -2.15. The molecule has 0 radical (unpaired) electrons.